The van der Waals surface area contributed by atoms with E-state index in [2.05, 4.69) is 65.6 Å². The Morgan fingerprint density at radius 2 is 1.64 bits per heavy atom. The first kappa shape index (κ1) is 18.8. The van der Waals surface area contributed by atoms with E-state index in [1.54, 1.807) is 0 Å². The van der Waals surface area contributed by atoms with Gasteiger partial charge < -0.3 is 9.64 Å². The van der Waals surface area contributed by atoms with Gasteiger partial charge in [-0.2, -0.15) is 0 Å². The van der Waals surface area contributed by atoms with Crippen LogP contribution in [0.5, 0.6) is 0 Å². The molecule has 4 heteroatoms. The molecule has 0 radical (unpaired) electrons. The number of nitrogens with zero attached hydrogens (tertiary/aromatic N) is 2. The van der Waals surface area contributed by atoms with Crippen LogP contribution in [0.2, 0.25) is 0 Å². The predicted octanol–water partition coefficient (Wildman–Crippen LogP) is 4.43. The van der Waals surface area contributed by atoms with Gasteiger partial charge in [-0.25, -0.2) is 4.79 Å². The number of carbonyl (C=O) groups is 1. The SMILES string of the molecule is CCOC(=O)N1CCN2CC(=C(c3ccccc3)c3ccccc3)CCC2C1. The number of benzene rings is 2. The number of rotatable bonds is 3. The van der Waals surface area contributed by atoms with Crippen LogP contribution in [-0.2, 0) is 4.74 Å². The zero-order chi connectivity index (χ0) is 19.3. The lowest BCUT2D eigenvalue weighted by molar-refractivity contribution is 0.0470. The lowest BCUT2D eigenvalue weighted by Crippen LogP contribution is -2.56. The van der Waals surface area contributed by atoms with E-state index < -0.39 is 0 Å². The molecule has 0 aliphatic carbocycles. The van der Waals surface area contributed by atoms with Gasteiger partial charge in [0.25, 0.3) is 0 Å². The fourth-order valence-electron chi connectivity index (χ4n) is 4.41. The first-order chi connectivity index (χ1) is 13.8. The van der Waals surface area contributed by atoms with Gasteiger partial charge in [-0.15, -0.1) is 0 Å². The Labute approximate surface area is 167 Å². The van der Waals surface area contributed by atoms with Crippen LogP contribution in [0.1, 0.15) is 30.9 Å². The smallest absolute Gasteiger partial charge is 0.409 e. The molecule has 1 unspecified atom stereocenters. The molecule has 0 aromatic heterocycles. The van der Waals surface area contributed by atoms with Crippen LogP contribution in [0.25, 0.3) is 5.57 Å². The van der Waals surface area contributed by atoms with Crippen molar-refractivity contribution in [2.45, 2.75) is 25.8 Å². The molecule has 4 rings (SSSR count). The number of hydrogen-bond acceptors (Lipinski definition) is 3. The summed E-state index contributed by atoms with van der Waals surface area (Å²) in [6, 6.07) is 21.9. The maximum Gasteiger partial charge on any atom is 0.409 e. The Hall–Kier alpha value is -2.59. The first-order valence-corrected chi connectivity index (χ1v) is 10.2. The summed E-state index contributed by atoms with van der Waals surface area (Å²) in [4.78, 5) is 16.5. The molecule has 146 valence electrons. The molecule has 2 aromatic carbocycles. The third kappa shape index (κ3) is 3.97. The zero-order valence-electron chi connectivity index (χ0n) is 16.5. The monoisotopic (exact) mass is 376 g/mol. The van der Waals surface area contributed by atoms with Crippen LogP contribution in [0, 0.1) is 0 Å². The van der Waals surface area contributed by atoms with Crippen LogP contribution >= 0.6 is 0 Å². The molecule has 0 saturated carbocycles. The van der Waals surface area contributed by atoms with E-state index in [9.17, 15) is 4.79 Å². The summed E-state index contributed by atoms with van der Waals surface area (Å²) in [5.41, 5.74) is 5.44. The third-order valence-electron chi connectivity index (χ3n) is 5.78. The Morgan fingerprint density at radius 3 is 2.25 bits per heavy atom. The van der Waals surface area contributed by atoms with Gasteiger partial charge >= 0.3 is 6.09 Å². The van der Waals surface area contributed by atoms with Gasteiger partial charge in [0.1, 0.15) is 0 Å². The minimum Gasteiger partial charge on any atom is -0.450 e. The normalized spacial score (nSPS) is 19.8. The summed E-state index contributed by atoms with van der Waals surface area (Å²) in [6.07, 6.45) is 1.98. The number of fused-ring (bicyclic) bond motifs is 1. The van der Waals surface area contributed by atoms with Crippen molar-refractivity contribution in [2.75, 3.05) is 32.8 Å². The molecular formula is C24H28N2O2. The Kier molecular flexibility index (Phi) is 5.77. The molecule has 2 heterocycles. The molecule has 2 fully saturated rings. The summed E-state index contributed by atoms with van der Waals surface area (Å²) in [7, 11) is 0. The fourth-order valence-corrected chi connectivity index (χ4v) is 4.41. The predicted molar refractivity (Wildman–Crippen MR) is 112 cm³/mol. The maximum atomic E-state index is 12.1. The highest BCUT2D eigenvalue weighted by atomic mass is 16.6. The molecule has 1 amide bonds. The molecule has 2 aromatic rings. The summed E-state index contributed by atoms with van der Waals surface area (Å²) in [5, 5.41) is 0. The van der Waals surface area contributed by atoms with E-state index in [4.69, 9.17) is 4.74 Å². The standard InChI is InChI=1S/C24H28N2O2/c1-2-28-24(27)26-16-15-25-17-21(13-14-22(25)18-26)23(19-9-5-3-6-10-19)20-11-7-4-8-12-20/h3-12,22H,2,13-18H2,1H3. The first-order valence-electron chi connectivity index (χ1n) is 10.2. The highest BCUT2D eigenvalue weighted by Crippen LogP contribution is 2.34. The van der Waals surface area contributed by atoms with E-state index in [1.165, 1.54) is 22.3 Å². The molecule has 0 N–H and O–H groups in total. The molecule has 2 aliphatic rings. The molecule has 0 spiro atoms. The quantitative estimate of drug-likeness (QED) is 0.795. The highest BCUT2D eigenvalue weighted by molar-refractivity contribution is 5.82. The molecule has 1 atom stereocenters. The molecule has 4 nitrogen and oxygen atoms in total. The fraction of sp³-hybridized carbons (Fsp3) is 0.375. The second-order valence-electron chi connectivity index (χ2n) is 7.52. The largest absolute Gasteiger partial charge is 0.450 e. The Morgan fingerprint density at radius 1 is 1.00 bits per heavy atom. The van der Waals surface area contributed by atoms with E-state index >= 15 is 0 Å². The van der Waals surface area contributed by atoms with Gasteiger partial charge in [0, 0.05) is 32.2 Å². The number of hydrogen-bond donors (Lipinski definition) is 0. The second-order valence-corrected chi connectivity index (χ2v) is 7.52. The van der Waals surface area contributed by atoms with Crippen molar-refractivity contribution in [3.05, 3.63) is 77.4 Å². The van der Waals surface area contributed by atoms with E-state index in [0.29, 0.717) is 12.6 Å². The van der Waals surface area contributed by atoms with Crippen molar-refractivity contribution >= 4 is 11.7 Å². The van der Waals surface area contributed by atoms with E-state index in [-0.39, 0.29) is 6.09 Å². The van der Waals surface area contributed by atoms with Crippen molar-refractivity contribution in [3.63, 3.8) is 0 Å². The van der Waals surface area contributed by atoms with Gasteiger partial charge in [0.05, 0.1) is 6.61 Å². The van der Waals surface area contributed by atoms with Gasteiger partial charge in [-0.05, 0) is 42.0 Å². The van der Waals surface area contributed by atoms with Crippen molar-refractivity contribution in [3.8, 4) is 0 Å². The van der Waals surface area contributed by atoms with Gasteiger partial charge in [-0.3, -0.25) is 4.90 Å². The van der Waals surface area contributed by atoms with Crippen molar-refractivity contribution in [2.24, 2.45) is 0 Å². The summed E-state index contributed by atoms with van der Waals surface area (Å²) >= 11 is 0. The van der Waals surface area contributed by atoms with Crippen molar-refractivity contribution in [1.29, 1.82) is 0 Å². The molecule has 0 bridgehead atoms. The van der Waals surface area contributed by atoms with Crippen LogP contribution in [0.4, 0.5) is 4.79 Å². The average molecular weight is 377 g/mol. The van der Waals surface area contributed by atoms with Crippen molar-refractivity contribution in [1.82, 2.24) is 9.80 Å². The minimum absolute atomic E-state index is 0.169. The number of ether oxygens (including phenoxy) is 1. The van der Waals surface area contributed by atoms with Crippen LogP contribution in [0.15, 0.2) is 66.2 Å². The lowest BCUT2D eigenvalue weighted by Gasteiger charge is -2.44. The minimum atomic E-state index is -0.169. The number of piperidine rings is 1. The Balaban J connectivity index is 1.59. The van der Waals surface area contributed by atoms with Crippen LogP contribution in [-0.4, -0.2) is 54.7 Å². The lowest BCUT2D eigenvalue weighted by atomic mass is 9.86. The number of carbonyl (C=O) groups excluding carboxylic acids is 1. The molecule has 2 aliphatic heterocycles. The third-order valence-corrected chi connectivity index (χ3v) is 5.78. The molecule has 2 saturated heterocycles. The molecular weight excluding hydrogens is 348 g/mol. The number of piperazine rings is 1. The van der Waals surface area contributed by atoms with Gasteiger partial charge in [0.2, 0.25) is 0 Å². The highest BCUT2D eigenvalue weighted by Gasteiger charge is 2.34. The van der Waals surface area contributed by atoms with E-state index in [1.807, 2.05) is 11.8 Å². The number of amides is 1. The average Bonchev–Trinajstić information content (AvgIpc) is 2.75. The maximum absolute atomic E-state index is 12.1. The van der Waals surface area contributed by atoms with Gasteiger partial charge in [-0.1, -0.05) is 60.7 Å². The summed E-state index contributed by atoms with van der Waals surface area (Å²) in [6.45, 7) is 5.70. The summed E-state index contributed by atoms with van der Waals surface area (Å²) < 4.78 is 5.20. The summed E-state index contributed by atoms with van der Waals surface area (Å²) in [5.74, 6) is 0. The topological polar surface area (TPSA) is 32.8 Å². The van der Waals surface area contributed by atoms with Gasteiger partial charge in [0.15, 0.2) is 0 Å². The van der Waals surface area contributed by atoms with Crippen molar-refractivity contribution < 1.29 is 9.53 Å². The molecule has 28 heavy (non-hydrogen) atoms. The van der Waals surface area contributed by atoms with Crippen LogP contribution < -0.4 is 0 Å². The van der Waals surface area contributed by atoms with E-state index in [0.717, 1.165) is 39.0 Å². The second kappa shape index (κ2) is 8.61. The zero-order valence-corrected chi connectivity index (χ0v) is 16.5. The Bertz CT molecular complexity index is 791. The van der Waals surface area contributed by atoms with Crippen LogP contribution in [0.3, 0.4) is 0 Å².